The Balaban J connectivity index is 1.88. The Labute approximate surface area is 157 Å². The van der Waals surface area contributed by atoms with E-state index in [9.17, 15) is 9.50 Å². The van der Waals surface area contributed by atoms with Crippen LogP contribution >= 0.6 is 0 Å². The lowest BCUT2D eigenvalue weighted by molar-refractivity contribution is 0.104. The summed E-state index contributed by atoms with van der Waals surface area (Å²) in [6, 6.07) is 14.9. The van der Waals surface area contributed by atoms with Gasteiger partial charge in [0.15, 0.2) is 0 Å². The summed E-state index contributed by atoms with van der Waals surface area (Å²) in [6.45, 7) is 3.68. The average molecular weight is 361 g/mol. The van der Waals surface area contributed by atoms with E-state index in [-0.39, 0.29) is 5.82 Å². The minimum atomic E-state index is -0.613. The van der Waals surface area contributed by atoms with Crippen molar-refractivity contribution in [2.45, 2.75) is 26.5 Å². The van der Waals surface area contributed by atoms with Crippen LogP contribution in [0.4, 0.5) is 4.39 Å². The van der Waals surface area contributed by atoms with Crippen LogP contribution in [-0.2, 0) is 0 Å². The Kier molecular flexibility index (Phi) is 4.46. The molecule has 0 aliphatic heterocycles. The monoisotopic (exact) mass is 361 g/mol. The standard InChI is InChI=1S/C22H20FN3O/c1-3-21(27)26-13-25-19-9-7-15(12-20(19)26)17-5-4-10-24-22(17)16-6-8-18(23)14(2)11-16/h4-13,21,27H,3H2,1-2H3. The molecule has 0 aliphatic carbocycles. The summed E-state index contributed by atoms with van der Waals surface area (Å²) in [6.07, 6.45) is 3.39. The van der Waals surface area contributed by atoms with Crippen molar-refractivity contribution in [3.8, 4) is 22.4 Å². The first kappa shape index (κ1) is 17.4. The zero-order chi connectivity index (χ0) is 19.0. The van der Waals surface area contributed by atoms with E-state index >= 15 is 0 Å². The SMILES string of the molecule is CCC(O)n1cnc2ccc(-c3cccnc3-c3ccc(F)c(C)c3)cc21. The molecule has 0 fully saturated rings. The number of aromatic nitrogens is 3. The highest BCUT2D eigenvalue weighted by Gasteiger charge is 2.14. The van der Waals surface area contributed by atoms with Gasteiger partial charge in [0.05, 0.1) is 23.1 Å². The molecule has 1 unspecified atom stereocenters. The number of hydrogen-bond acceptors (Lipinski definition) is 3. The van der Waals surface area contributed by atoms with Crippen molar-refractivity contribution < 1.29 is 9.50 Å². The number of aryl methyl sites for hydroxylation is 1. The molecule has 0 radical (unpaired) electrons. The largest absolute Gasteiger partial charge is 0.373 e. The molecule has 2 heterocycles. The molecule has 27 heavy (non-hydrogen) atoms. The van der Waals surface area contributed by atoms with Gasteiger partial charge in [-0.2, -0.15) is 0 Å². The predicted molar refractivity (Wildman–Crippen MR) is 105 cm³/mol. The number of imidazole rings is 1. The molecule has 2 aromatic carbocycles. The molecule has 0 bridgehead atoms. The lowest BCUT2D eigenvalue weighted by atomic mass is 9.98. The van der Waals surface area contributed by atoms with E-state index in [1.165, 1.54) is 6.07 Å². The van der Waals surface area contributed by atoms with E-state index in [0.29, 0.717) is 12.0 Å². The second-order valence-electron chi connectivity index (χ2n) is 6.61. The van der Waals surface area contributed by atoms with Crippen LogP contribution in [0.1, 0.15) is 25.1 Å². The first-order valence-corrected chi connectivity index (χ1v) is 8.95. The molecule has 4 rings (SSSR count). The first-order chi connectivity index (χ1) is 13.1. The molecule has 0 amide bonds. The maximum atomic E-state index is 13.7. The van der Waals surface area contributed by atoms with Crippen molar-refractivity contribution in [2.24, 2.45) is 0 Å². The molecule has 0 saturated heterocycles. The van der Waals surface area contributed by atoms with Crippen molar-refractivity contribution in [1.82, 2.24) is 14.5 Å². The van der Waals surface area contributed by atoms with Gasteiger partial charge in [0.1, 0.15) is 12.0 Å². The lowest BCUT2D eigenvalue weighted by Gasteiger charge is -2.13. The van der Waals surface area contributed by atoms with Crippen LogP contribution in [0.5, 0.6) is 0 Å². The smallest absolute Gasteiger partial charge is 0.131 e. The summed E-state index contributed by atoms with van der Waals surface area (Å²) in [7, 11) is 0. The van der Waals surface area contributed by atoms with Crippen molar-refractivity contribution in [1.29, 1.82) is 0 Å². The second-order valence-corrected chi connectivity index (χ2v) is 6.61. The summed E-state index contributed by atoms with van der Waals surface area (Å²) < 4.78 is 15.5. The van der Waals surface area contributed by atoms with E-state index < -0.39 is 6.23 Å². The van der Waals surface area contributed by atoms with Gasteiger partial charge in [0.2, 0.25) is 0 Å². The Morgan fingerprint density at radius 1 is 1.07 bits per heavy atom. The minimum Gasteiger partial charge on any atom is -0.373 e. The zero-order valence-corrected chi connectivity index (χ0v) is 15.2. The lowest BCUT2D eigenvalue weighted by Crippen LogP contribution is -2.05. The van der Waals surface area contributed by atoms with E-state index in [1.807, 2.05) is 43.3 Å². The van der Waals surface area contributed by atoms with Gasteiger partial charge in [0, 0.05) is 17.3 Å². The molecule has 1 atom stereocenters. The number of halogens is 1. The molecular formula is C22H20FN3O. The summed E-state index contributed by atoms with van der Waals surface area (Å²) in [5, 5.41) is 10.2. The molecule has 0 aliphatic rings. The molecule has 1 N–H and O–H groups in total. The number of fused-ring (bicyclic) bond motifs is 1. The molecule has 5 heteroatoms. The Bertz CT molecular complexity index is 1120. The molecule has 4 nitrogen and oxygen atoms in total. The van der Waals surface area contributed by atoms with Crippen LogP contribution in [0.2, 0.25) is 0 Å². The van der Waals surface area contributed by atoms with Crippen molar-refractivity contribution in [2.75, 3.05) is 0 Å². The number of aliphatic hydroxyl groups excluding tert-OH is 1. The molecular weight excluding hydrogens is 341 g/mol. The average Bonchev–Trinajstić information content (AvgIpc) is 3.12. The quantitative estimate of drug-likeness (QED) is 0.549. The third-order valence-electron chi connectivity index (χ3n) is 4.81. The van der Waals surface area contributed by atoms with Crippen LogP contribution in [0, 0.1) is 12.7 Å². The number of nitrogens with zero attached hydrogens (tertiary/aromatic N) is 3. The second kappa shape index (κ2) is 6.93. The van der Waals surface area contributed by atoms with Crippen LogP contribution in [-0.4, -0.2) is 19.6 Å². The van der Waals surface area contributed by atoms with Crippen LogP contribution < -0.4 is 0 Å². The highest BCUT2D eigenvalue weighted by Crippen LogP contribution is 2.33. The third kappa shape index (κ3) is 3.11. The number of aliphatic hydroxyl groups is 1. The maximum absolute atomic E-state index is 13.7. The number of rotatable bonds is 4. The van der Waals surface area contributed by atoms with Gasteiger partial charge in [-0.1, -0.05) is 19.1 Å². The van der Waals surface area contributed by atoms with Gasteiger partial charge >= 0.3 is 0 Å². The number of pyridine rings is 1. The fourth-order valence-electron chi connectivity index (χ4n) is 3.29. The summed E-state index contributed by atoms with van der Waals surface area (Å²) in [4.78, 5) is 8.91. The Hall–Kier alpha value is -3.05. The molecule has 0 spiro atoms. The van der Waals surface area contributed by atoms with E-state index in [4.69, 9.17) is 0 Å². The fourth-order valence-corrected chi connectivity index (χ4v) is 3.29. The van der Waals surface area contributed by atoms with Gasteiger partial charge in [-0.3, -0.25) is 4.98 Å². The predicted octanol–water partition coefficient (Wildman–Crippen LogP) is 5.11. The van der Waals surface area contributed by atoms with Crippen LogP contribution in [0.3, 0.4) is 0 Å². The van der Waals surface area contributed by atoms with Gasteiger partial charge in [-0.15, -0.1) is 0 Å². The third-order valence-corrected chi connectivity index (χ3v) is 4.81. The Morgan fingerprint density at radius 3 is 2.67 bits per heavy atom. The summed E-state index contributed by atoms with van der Waals surface area (Å²) >= 11 is 0. The maximum Gasteiger partial charge on any atom is 0.131 e. The minimum absolute atomic E-state index is 0.227. The highest BCUT2D eigenvalue weighted by atomic mass is 19.1. The van der Waals surface area contributed by atoms with Crippen molar-refractivity contribution in [3.63, 3.8) is 0 Å². The van der Waals surface area contributed by atoms with Gasteiger partial charge in [-0.25, -0.2) is 9.37 Å². The first-order valence-electron chi connectivity index (χ1n) is 8.95. The summed E-state index contributed by atoms with van der Waals surface area (Å²) in [5.41, 5.74) is 5.86. The fraction of sp³-hybridized carbons (Fsp3) is 0.182. The van der Waals surface area contributed by atoms with Crippen LogP contribution in [0.15, 0.2) is 61.1 Å². The normalized spacial score (nSPS) is 12.4. The molecule has 4 aromatic rings. The van der Waals surface area contributed by atoms with Gasteiger partial charge in [0.25, 0.3) is 0 Å². The highest BCUT2D eigenvalue weighted by molar-refractivity contribution is 5.87. The molecule has 0 saturated carbocycles. The topological polar surface area (TPSA) is 50.9 Å². The number of benzene rings is 2. The van der Waals surface area contributed by atoms with E-state index in [1.54, 1.807) is 30.1 Å². The van der Waals surface area contributed by atoms with Gasteiger partial charge < -0.3 is 9.67 Å². The van der Waals surface area contributed by atoms with Crippen LogP contribution in [0.25, 0.3) is 33.4 Å². The Morgan fingerprint density at radius 2 is 1.89 bits per heavy atom. The summed E-state index contributed by atoms with van der Waals surface area (Å²) in [5.74, 6) is -0.227. The van der Waals surface area contributed by atoms with E-state index in [2.05, 4.69) is 9.97 Å². The molecule has 136 valence electrons. The number of hydrogen-bond donors (Lipinski definition) is 1. The van der Waals surface area contributed by atoms with Crippen molar-refractivity contribution in [3.05, 3.63) is 72.4 Å². The zero-order valence-electron chi connectivity index (χ0n) is 15.2. The molecule has 2 aromatic heterocycles. The van der Waals surface area contributed by atoms with E-state index in [0.717, 1.165) is 33.4 Å². The van der Waals surface area contributed by atoms with Gasteiger partial charge in [-0.05, 0) is 60.9 Å². The van der Waals surface area contributed by atoms with Crippen molar-refractivity contribution >= 4 is 11.0 Å².